The van der Waals surface area contributed by atoms with Crippen LogP contribution >= 0.6 is 0 Å². The molecular formula is C18H26N2O3S. The molecule has 6 heteroatoms. The molecule has 24 heavy (non-hydrogen) atoms. The maximum Gasteiger partial charge on any atom is 0.241 e. The molecule has 1 aromatic rings. The van der Waals surface area contributed by atoms with Crippen LogP contribution in [0.15, 0.2) is 24.3 Å². The first-order valence-corrected chi connectivity index (χ1v) is 10.5. The fourth-order valence-electron chi connectivity index (χ4n) is 3.85. The van der Waals surface area contributed by atoms with Crippen molar-refractivity contribution in [3.8, 4) is 0 Å². The van der Waals surface area contributed by atoms with Crippen molar-refractivity contribution < 1.29 is 13.2 Å². The average Bonchev–Trinajstić information content (AvgIpc) is 2.82. The lowest BCUT2D eigenvalue weighted by molar-refractivity contribution is -0.123. The molecule has 0 saturated carbocycles. The molecule has 2 fully saturated rings. The predicted molar refractivity (Wildman–Crippen MR) is 95.9 cm³/mol. The molecule has 2 heterocycles. The Kier molecular flexibility index (Phi) is 4.71. The van der Waals surface area contributed by atoms with Crippen LogP contribution < -0.4 is 4.90 Å². The van der Waals surface area contributed by atoms with Crippen LogP contribution in [0, 0.1) is 5.92 Å². The third kappa shape index (κ3) is 3.35. The van der Waals surface area contributed by atoms with Gasteiger partial charge in [-0.25, -0.2) is 8.42 Å². The number of carbonyl (C=O) groups excluding carboxylic acids is 1. The molecular weight excluding hydrogens is 324 g/mol. The van der Waals surface area contributed by atoms with E-state index in [9.17, 15) is 13.2 Å². The minimum Gasteiger partial charge on any atom is -0.306 e. The zero-order chi connectivity index (χ0) is 17.5. The number of hydrogen-bond donors (Lipinski definition) is 0. The molecule has 1 amide bonds. The van der Waals surface area contributed by atoms with Crippen molar-refractivity contribution in [2.45, 2.75) is 39.3 Å². The van der Waals surface area contributed by atoms with Crippen LogP contribution in [0.4, 0.5) is 5.69 Å². The number of aryl methyl sites for hydroxylation is 1. The summed E-state index contributed by atoms with van der Waals surface area (Å²) in [5, 5.41) is 0. The number of rotatable bonds is 4. The molecule has 0 aliphatic carbocycles. The van der Waals surface area contributed by atoms with Crippen LogP contribution in [-0.2, 0) is 21.1 Å². The first-order chi connectivity index (χ1) is 11.3. The van der Waals surface area contributed by atoms with Gasteiger partial charge in [-0.15, -0.1) is 0 Å². The van der Waals surface area contributed by atoms with Crippen molar-refractivity contribution in [3.63, 3.8) is 0 Å². The van der Waals surface area contributed by atoms with Crippen molar-refractivity contribution in [1.29, 1.82) is 0 Å². The molecule has 2 aliphatic heterocycles. The van der Waals surface area contributed by atoms with E-state index in [1.165, 1.54) is 5.56 Å². The number of sulfone groups is 1. The lowest BCUT2D eigenvalue weighted by Crippen LogP contribution is -2.62. The van der Waals surface area contributed by atoms with Crippen LogP contribution in [0.2, 0.25) is 0 Å². The highest BCUT2D eigenvalue weighted by Gasteiger charge is 2.49. The smallest absolute Gasteiger partial charge is 0.241 e. The number of anilines is 1. The monoisotopic (exact) mass is 350 g/mol. The van der Waals surface area contributed by atoms with Gasteiger partial charge in [-0.05, 0) is 30.0 Å². The molecule has 0 spiro atoms. The highest BCUT2D eigenvalue weighted by molar-refractivity contribution is 7.91. The number of amides is 1. The second kappa shape index (κ2) is 6.48. The maximum atomic E-state index is 12.8. The normalized spacial score (nSPS) is 26.8. The van der Waals surface area contributed by atoms with E-state index in [1.807, 2.05) is 24.3 Å². The summed E-state index contributed by atoms with van der Waals surface area (Å²) in [6.07, 6.45) is 0.941. The third-order valence-corrected chi connectivity index (χ3v) is 6.62. The van der Waals surface area contributed by atoms with Gasteiger partial charge in [0.15, 0.2) is 9.84 Å². The van der Waals surface area contributed by atoms with Gasteiger partial charge in [0.2, 0.25) is 5.91 Å². The highest BCUT2D eigenvalue weighted by Crippen LogP contribution is 2.32. The van der Waals surface area contributed by atoms with Crippen LogP contribution in [0.5, 0.6) is 0 Å². The Morgan fingerprint density at radius 2 is 1.75 bits per heavy atom. The van der Waals surface area contributed by atoms with E-state index in [1.54, 1.807) is 4.90 Å². The van der Waals surface area contributed by atoms with Gasteiger partial charge in [-0.2, -0.15) is 0 Å². The lowest BCUT2D eigenvalue weighted by atomic mass is 10.0. The second-order valence-electron chi connectivity index (χ2n) is 7.32. The van der Waals surface area contributed by atoms with E-state index < -0.39 is 9.84 Å². The fourth-order valence-corrected chi connectivity index (χ4v) is 5.84. The molecule has 0 N–H and O–H groups in total. The molecule has 2 aliphatic rings. The summed E-state index contributed by atoms with van der Waals surface area (Å²) in [6.45, 7) is 7.33. The summed E-state index contributed by atoms with van der Waals surface area (Å²) < 4.78 is 24.5. The van der Waals surface area contributed by atoms with Gasteiger partial charge in [0.1, 0.15) is 0 Å². The molecule has 0 bridgehead atoms. The minimum absolute atomic E-state index is 0.00162. The summed E-state index contributed by atoms with van der Waals surface area (Å²) >= 11 is 0. The molecule has 2 saturated heterocycles. The van der Waals surface area contributed by atoms with E-state index in [-0.39, 0.29) is 29.5 Å². The number of benzene rings is 1. The Bertz CT molecular complexity index is 712. The summed E-state index contributed by atoms with van der Waals surface area (Å²) in [5.74, 6) is 0.616. The molecule has 5 nitrogen and oxygen atoms in total. The van der Waals surface area contributed by atoms with Gasteiger partial charge >= 0.3 is 0 Å². The molecule has 2 atom stereocenters. The topological polar surface area (TPSA) is 57.7 Å². The summed E-state index contributed by atoms with van der Waals surface area (Å²) in [6, 6.07) is 7.54. The quantitative estimate of drug-likeness (QED) is 0.830. The Morgan fingerprint density at radius 3 is 2.33 bits per heavy atom. The van der Waals surface area contributed by atoms with Crippen LogP contribution in [0.3, 0.4) is 0 Å². The molecule has 3 rings (SSSR count). The van der Waals surface area contributed by atoms with Gasteiger partial charge in [-0.1, -0.05) is 32.9 Å². The van der Waals surface area contributed by atoms with Gasteiger partial charge in [0, 0.05) is 18.3 Å². The number of piperazine rings is 1. The standard InChI is InChI=1S/C18H26N2O3S/c1-4-14-5-7-15(8-6-14)20-17-12-24(22,23)11-16(17)19(9-13(2)3)10-18(20)21/h5-8,13,16-17H,4,9-12H2,1-3H3/t16-,17+/m0/s1. The van der Waals surface area contributed by atoms with Crippen LogP contribution in [0.1, 0.15) is 26.3 Å². The summed E-state index contributed by atoms with van der Waals surface area (Å²) in [4.78, 5) is 16.6. The number of hydrogen-bond acceptors (Lipinski definition) is 4. The van der Waals surface area contributed by atoms with Gasteiger partial charge in [0.25, 0.3) is 0 Å². The van der Waals surface area contributed by atoms with Crippen molar-refractivity contribution in [1.82, 2.24) is 4.90 Å². The van der Waals surface area contributed by atoms with Crippen molar-refractivity contribution in [3.05, 3.63) is 29.8 Å². The molecule has 0 unspecified atom stereocenters. The zero-order valence-electron chi connectivity index (χ0n) is 14.6. The van der Waals surface area contributed by atoms with Crippen molar-refractivity contribution in [2.75, 3.05) is 29.5 Å². The first kappa shape index (κ1) is 17.4. The Morgan fingerprint density at radius 1 is 1.12 bits per heavy atom. The summed E-state index contributed by atoms with van der Waals surface area (Å²) in [5.41, 5.74) is 2.02. The number of carbonyl (C=O) groups is 1. The Balaban J connectivity index is 1.94. The van der Waals surface area contributed by atoms with E-state index in [0.29, 0.717) is 12.5 Å². The van der Waals surface area contributed by atoms with Crippen LogP contribution in [-0.4, -0.2) is 55.9 Å². The zero-order valence-corrected chi connectivity index (χ0v) is 15.4. The second-order valence-corrected chi connectivity index (χ2v) is 9.47. The van der Waals surface area contributed by atoms with Crippen molar-refractivity contribution >= 4 is 21.4 Å². The van der Waals surface area contributed by atoms with Crippen molar-refractivity contribution in [2.24, 2.45) is 5.92 Å². The van der Waals surface area contributed by atoms with E-state index in [2.05, 4.69) is 25.7 Å². The molecule has 1 aromatic carbocycles. The predicted octanol–water partition coefficient (Wildman–Crippen LogP) is 1.72. The van der Waals surface area contributed by atoms with Crippen LogP contribution in [0.25, 0.3) is 0 Å². The fraction of sp³-hybridized carbons (Fsp3) is 0.611. The molecule has 0 aromatic heterocycles. The van der Waals surface area contributed by atoms with E-state index >= 15 is 0 Å². The number of nitrogens with zero attached hydrogens (tertiary/aromatic N) is 2. The lowest BCUT2D eigenvalue weighted by Gasteiger charge is -2.44. The largest absolute Gasteiger partial charge is 0.306 e. The van der Waals surface area contributed by atoms with Gasteiger partial charge in [0.05, 0.1) is 24.1 Å². The Labute approximate surface area is 144 Å². The van der Waals surface area contributed by atoms with E-state index in [4.69, 9.17) is 0 Å². The maximum absolute atomic E-state index is 12.8. The van der Waals surface area contributed by atoms with E-state index in [0.717, 1.165) is 18.7 Å². The first-order valence-electron chi connectivity index (χ1n) is 8.66. The minimum atomic E-state index is -3.11. The average molecular weight is 350 g/mol. The molecule has 132 valence electrons. The Hall–Kier alpha value is -1.40. The van der Waals surface area contributed by atoms with Gasteiger partial charge in [-0.3, -0.25) is 9.69 Å². The third-order valence-electron chi connectivity index (χ3n) is 4.92. The highest BCUT2D eigenvalue weighted by atomic mass is 32.2. The SMILES string of the molecule is CCc1ccc(N2C(=O)CN(CC(C)C)[C@H]3CS(=O)(=O)C[C@H]32)cc1. The van der Waals surface area contributed by atoms with Gasteiger partial charge < -0.3 is 4.90 Å². The number of fused-ring (bicyclic) bond motifs is 1. The summed E-state index contributed by atoms with van der Waals surface area (Å²) in [7, 11) is -3.11. The molecule has 0 radical (unpaired) electrons.